The Morgan fingerprint density at radius 3 is 2.73 bits per heavy atom. The Bertz CT molecular complexity index is 114. The van der Waals surface area contributed by atoms with Crippen LogP contribution in [-0.4, -0.2) is 30.7 Å². The molecule has 66 valence electrons. The molecule has 0 aromatic rings. The summed E-state index contributed by atoms with van der Waals surface area (Å²) in [4.78, 5) is 0. The van der Waals surface area contributed by atoms with Gasteiger partial charge in [-0.3, -0.25) is 0 Å². The largest absolute Gasteiger partial charge is 0.396 e. The third-order valence-corrected chi connectivity index (χ3v) is 1.77. The Kier molecular flexibility index (Phi) is 3.30. The number of ether oxygens (including phenoxy) is 2. The normalized spacial score (nSPS) is 31.6. The number of hydrogen-bond donors (Lipinski definition) is 1. The fraction of sp³-hybridized carbons (Fsp3) is 1.00. The third-order valence-electron chi connectivity index (χ3n) is 1.77. The lowest BCUT2D eigenvalue weighted by molar-refractivity contribution is -0.0890. The molecule has 1 N–H and O–H groups in total. The Labute approximate surface area is 67.3 Å². The third kappa shape index (κ3) is 2.43. The average Bonchev–Trinajstić information content (AvgIpc) is 2.37. The summed E-state index contributed by atoms with van der Waals surface area (Å²) >= 11 is 0. The molecule has 3 nitrogen and oxygen atoms in total. The van der Waals surface area contributed by atoms with Gasteiger partial charge in [-0.05, 0) is 6.42 Å². The smallest absolute Gasteiger partial charge is 0.160 e. The average molecular weight is 160 g/mol. The molecule has 1 saturated heterocycles. The Morgan fingerprint density at radius 1 is 1.55 bits per heavy atom. The molecule has 3 heteroatoms. The molecular formula is C8H16O3. The van der Waals surface area contributed by atoms with Crippen LogP contribution in [0.2, 0.25) is 0 Å². The standard InChI is InChI=1S/C8H16O3/c1-6(2)8-10-5-7(11-8)3-4-9/h6-9H,3-5H2,1-2H3/t7-,8-/m1/s1. The van der Waals surface area contributed by atoms with Crippen LogP contribution in [0.4, 0.5) is 0 Å². The number of aliphatic hydroxyl groups excluding tert-OH is 1. The number of aliphatic hydroxyl groups is 1. The first-order valence-electron chi connectivity index (χ1n) is 4.12. The van der Waals surface area contributed by atoms with Gasteiger partial charge >= 0.3 is 0 Å². The molecule has 0 radical (unpaired) electrons. The number of hydrogen-bond acceptors (Lipinski definition) is 3. The van der Waals surface area contributed by atoms with Crippen LogP contribution in [0.1, 0.15) is 20.3 Å². The predicted molar refractivity (Wildman–Crippen MR) is 41.2 cm³/mol. The summed E-state index contributed by atoms with van der Waals surface area (Å²) in [5.41, 5.74) is 0. The topological polar surface area (TPSA) is 38.7 Å². The SMILES string of the molecule is CC(C)[C@@H]1OC[C@@H](CCO)O1. The fourth-order valence-electron chi connectivity index (χ4n) is 1.12. The molecule has 0 aliphatic carbocycles. The van der Waals surface area contributed by atoms with E-state index in [2.05, 4.69) is 13.8 Å². The highest BCUT2D eigenvalue weighted by atomic mass is 16.7. The molecule has 1 aliphatic heterocycles. The summed E-state index contributed by atoms with van der Waals surface area (Å²) in [5.74, 6) is 0.402. The molecule has 0 saturated carbocycles. The van der Waals surface area contributed by atoms with Crippen molar-refractivity contribution < 1.29 is 14.6 Å². The lowest BCUT2D eigenvalue weighted by Crippen LogP contribution is -2.18. The molecule has 1 rings (SSSR count). The summed E-state index contributed by atoms with van der Waals surface area (Å²) in [6.45, 7) is 4.93. The van der Waals surface area contributed by atoms with Crippen LogP contribution < -0.4 is 0 Å². The van der Waals surface area contributed by atoms with Gasteiger partial charge in [0, 0.05) is 12.5 Å². The fourth-order valence-corrected chi connectivity index (χ4v) is 1.12. The maximum Gasteiger partial charge on any atom is 0.160 e. The van der Waals surface area contributed by atoms with Gasteiger partial charge < -0.3 is 14.6 Å². The van der Waals surface area contributed by atoms with Gasteiger partial charge in [0.05, 0.1) is 12.7 Å². The van der Waals surface area contributed by atoms with Crippen molar-refractivity contribution in [1.29, 1.82) is 0 Å². The first-order chi connectivity index (χ1) is 5.24. The van der Waals surface area contributed by atoms with Gasteiger partial charge in [-0.2, -0.15) is 0 Å². The zero-order valence-electron chi connectivity index (χ0n) is 7.12. The predicted octanol–water partition coefficient (Wildman–Crippen LogP) is 0.766. The Hall–Kier alpha value is -0.120. The molecule has 1 aliphatic rings. The van der Waals surface area contributed by atoms with E-state index in [1.165, 1.54) is 0 Å². The van der Waals surface area contributed by atoms with Crippen molar-refractivity contribution in [3.8, 4) is 0 Å². The van der Waals surface area contributed by atoms with E-state index >= 15 is 0 Å². The summed E-state index contributed by atoms with van der Waals surface area (Å²) in [7, 11) is 0. The summed E-state index contributed by atoms with van der Waals surface area (Å²) in [6, 6.07) is 0. The first kappa shape index (κ1) is 8.97. The van der Waals surface area contributed by atoms with Crippen molar-refractivity contribution in [3.63, 3.8) is 0 Å². The van der Waals surface area contributed by atoms with Gasteiger partial charge in [0.25, 0.3) is 0 Å². The van der Waals surface area contributed by atoms with E-state index in [1.54, 1.807) is 0 Å². The Morgan fingerprint density at radius 2 is 2.27 bits per heavy atom. The van der Waals surface area contributed by atoms with Gasteiger partial charge in [0.2, 0.25) is 0 Å². The van der Waals surface area contributed by atoms with E-state index in [9.17, 15) is 0 Å². The zero-order valence-corrected chi connectivity index (χ0v) is 7.12. The lowest BCUT2D eigenvalue weighted by atomic mass is 10.2. The quantitative estimate of drug-likeness (QED) is 0.662. The minimum absolute atomic E-state index is 0.0634. The molecule has 0 bridgehead atoms. The summed E-state index contributed by atoms with van der Waals surface area (Å²) < 4.78 is 10.8. The molecule has 1 heterocycles. The second kappa shape index (κ2) is 4.04. The highest BCUT2D eigenvalue weighted by molar-refractivity contribution is 4.66. The molecule has 0 unspecified atom stereocenters. The van der Waals surface area contributed by atoms with E-state index in [4.69, 9.17) is 14.6 Å². The highest BCUT2D eigenvalue weighted by Gasteiger charge is 2.27. The van der Waals surface area contributed by atoms with E-state index in [0.29, 0.717) is 18.9 Å². The van der Waals surface area contributed by atoms with E-state index in [0.717, 1.165) is 0 Å². The molecule has 1 fully saturated rings. The van der Waals surface area contributed by atoms with E-state index < -0.39 is 0 Å². The maximum absolute atomic E-state index is 8.62. The zero-order chi connectivity index (χ0) is 8.27. The van der Waals surface area contributed by atoms with Gasteiger partial charge in [-0.1, -0.05) is 13.8 Å². The minimum Gasteiger partial charge on any atom is -0.396 e. The molecule has 0 aromatic carbocycles. The van der Waals surface area contributed by atoms with Crippen molar-refractivity contribution in [2.75, 3.05) is 13.2 Å². The van der Waals surface area contributed by atoms with Crippen LogP contribution in [0.15, 0.2) is 0 Å². The molecule has 0 spiro atoms. The van der Waals surface area contributed by atoms with Crippen LogP contribution in [0, 0.1) is 5.92 Å². The second-order valence-electron chi connectivity index (χ2n) is 3.22. The van der Waals surface area contributed by atoms with Gasteiger partial charge in [0.1, 0.15) is 0 Å². The van der Waals surface area contributed by atoms with Crippen LogP contribution in [0.25, 0.3) is 0 Å². The van der Waals surface area contributed by atoms with Gasteiger partial charge in [-0.25, -0.2) is 0 Å². The maximum atomic E-state index is 8.62. The summed E-state index contributed by atoms with van der Waals surface area (Å²) in [5, 5.41) is 8.62. The van der Waals surface area contributed by atoms with E-state index in [-0.39, 0.29) is 19.0 Å². The Balaban J connectivity index is 2.23. The van der Waals surface area contributed by atoms with Crippen molar-refractivity contribution in [1.82, 2.24) is 0 Å². The van der Waals surface area contributed by atoms with Crippen LogP contribution in [0.5, 0.6) is 0 Å². The molecule has 2 atom stereocenters. The number of rotatable bonds is 3. The van der Waals surface area contributed by atoms with Gasteiger partial charge in [-0.15, -0.1) is 0 Å². The minimum atomic E-state index is -0.0634. The van der Waals surface area contributed by atoms with Gasteiger partial charge in [0.15, 0.2) is 6.29 Å². The molecule has 0 amide bonds. The summed E-state index contributed by atoms with van der Waals surface area (Å²) in [6.07, 6.45) is 0.724. The molecular weight excluding hydrogens is 144 g/mol. The van der Waals surface area contributed by atoms with Crippen LogP contribution >= 0.6 is 0 Å². The molecule has 0 aromatic heterocycles. The van der Waals surface area contributed by atoms with Crippen LogP contribution in [0.3, 0.4) is 0 Å². The highest BCUT2D eigenvalue weighted by Crippen LogP contribution is 2.19. The monoisotopic (exact) mass is 160 g/mol. The lowest BCUT2D eigenvalue weighted by Gasteiger charge is -2.13. The van der Waals surface area contributed by atoms with Crippen molar-refractivity contribution in [2.45, 2.75) is 32.7 Å². The van der Waals surface area contributed by atoms with E-state index in [1.807, 2.05) is 0 Å². The first-order valence-corrected chi connectivity index (χ1v) is 4.12. The van der Waals surface area contributed by atoms with Crippen molar-refractivity contribution in [3.05, 3.63) is 0 Å². The molecule has 11 heavy (non-hydrogen) atoms. The van der Waals surface area contributed by atoms with Crippen LogP contribution in [-0.2, 0) is 9.47 Å². The van der Waals surface area contributed by atoms with Crippen molar-refractivity contribution >= 4 is 0 Å². The van der Waals surface area contributed by atoms with Crippen molar-refractivity contribution in [2.24, 2.45) is 5.92 Å². The second-order valence-corrected chi connectivity index (χ2v) is 3.22.